The van der Waals surface area contributed by atoms with E-state index in [2.05, 4.69) is 15.1 Å². The lowest BCUT2D eigenvalue weighted by Crippen LogP contribution is -2.21. The molecule has 23 heavy (non-hydrogen) atoms. The molecule has 6 rings (SSSR count). The van der Waals surface area contributed by atoms with Crippen LogP contribution in [0.3, 0.4) is 0 Å². The summed E-state index contributed by atoms with van der Waals surface area (Å²) in [5.41, 5.74) is 2.90. The number of nitrogens with zero attached hydrogens (tertiary/aromatic N) is 4. The molecule has 0 radical (unpaired) electrons. The number of ether oxygens (including phenoxy) is 1. The van der Waals surface area contributed by atoms with Gasteiger partial charge in [0, 0.05) is 11.6 Å². The Morgan fingerprint density at radius 1 is 1.35 bits per heavy atom. The predicted molar refractivity (Wildman–Crippen MR) is 71.3 cm³/mol. The lowest BCUT2D eigenvalue weighted by atomic mass is 10.1. The highest BCUT2D eigenvalue weighted by atomic mass is 31.2. The van der Waals surface area contributed by atoms with E-state index in [9.17, 15) is 4.57 Å². The minimum Gasteiger partial charge on any atom is -0.373 e. The summed E-state index contributed by atoms with van der Waals surface area (Å²) in [5, 5.41) is 3.86. The van der Waals surface area contributed by atoms with E-state index in [1.807, 2.05) is 0 Å². The van der Waals surface area contributed by atoms with Gasteiger partial charge in [-0.1, -0.05) is 5.16 Å². The first-order chi connectivity index (χ1) is 11.2. The summed E-state index contributed by atoms with van der Waals surface area (Å²) in [6.45, 7) is 0.563. The number of hydrogen-bond donors (Lipinski definition) is 0. The van der Waals surface area contributed by atoms with E-state index >= 15 is 0 Å². The quantitative estimate of drug-likeness (QED) is 0.613. The molecule has 10 nitrogen and oxygen atoms in total. The van der Waals surface area contributed by atoms with Crippen LogP contribution in [0.4, 0.5) is 0 Å². The molecule has 0 amide bonds. The molecule has 0 fully saturated rings. The molecule has 0 saturated carbocycles. The predicted octanol–water partition coefficient (Wildman–Crippen LogP) is 1.62. The van der Waals surface area contributed by atoms with E-state index in [-0.39, 0.29) is 12.5 Å². The molecule has 0 aliphatic carbocycles. The number of phosphoric acid groups is 1. The Balaban J connectivity index is 1.80. The average Bonchev–Trinajstić information content (AvgIpc) is 3.13. The van der Waals surface area contributed by atoms with Gasteiger partial charge >= 0.3 is 7.82 Å². The zero-order valence-electron chi connectivity index (χ0n) is 11.3. The van der Waals surface area contributed by atoms with Gasteiger partial charge in [0.25, 0.3) is 5.88 Å². The van der Waals surface area contributed by atoms with Gasteiger partial charge in [-0.25, -0.2) is 14.5 Å². The van der Waals surface area contributed by atoms with E-state index < -0.39 is 13.9 Å². The normalized spacial score (nSPS) is 27.0. The first kappa shape index (κ1) is 12.1. The van der Waals surface area contributed by atoms with Crippen LogP contribution in [-0.2, 0) is 20.4 Å². The Bertz CT molecular complexity index is 1030. The number of hydrogen-bond acceptors (Lipinski definition) is 9. The smallest absolute Gasteiger partial charge is 0.373 e. The van der Waals surface area contributed by atoms with Gasteiger partial charge in [-0.05, 0) is 0 Å². The molecule has 3 bridgehead atoms. The standard InChI is InChI=1S/C12H7N4O6P/c17-23-20-7-4-18-3-5-8(7)14-12(21-23)10-9(5)13-11(16(10)22-23)6-1-2-19-15-6/h1-2,7H,3-4H2. The number of phosphoric ester groups is 1. The van der Waals surface area contributed by atoms with Crippen molar-refractivity contribution in [1.82, 2.24) is 19.9 Å². The molecule has 0 aromatic carbocycles. The van der Waals surface area contributed by atoms with Crippen LogP contribution >= 0.6 is 7.82 Å². The number of pyridine rings is 1. The summed E-state index contributed by atoms with van der Waals surface area (Å²) in [6.07, 6.45) is 0.805. The Hall–Kier alpha value is -2.42. The molecule has 2 unspecified atom stereocenters. The van der Waals surface area contributed by atoms with Gasteiger partial charge in [-0.3, -0.25) is 9.15 Å². The van der Waals surface area contributed by atoms with Crippen LogP contribution in [0.1, 0.15) is 17.4 Å². The van der Waals surface area contributed by atoms with Gasteiger partial charge in [0.05, 0.1) is 18.9 Å². The maximum Gasteiger partial charge on any atom is 0.609 e. The van der Waals surface area contributed by atoms with Crippen molar-refractivity contribution in [1.29, 1.82) is 0 Å². The third kappa shape index (κ3) is 1.41. The van der Waals surface area contributed by atoms with Gasteiger partial charge < -0.3 is 13.8 Å². The number of aromatic nitrogens is 4. The van der Waals surface area contributed by atoms with E-state index in [1.54, 1.807) is 6.07 Å². The van der Waals surface area contributed by atoms with Gasteiger partial charge in [-0.15, -0.1) is 4.73 Å². The summed E-state index contributed by atoms with van der Waals surface area (Å²) in [4.78, 5) is 9.02. The molecule has 3 aromatic rings. The number of rotatable bonds is 1. The molecule has 3 aliphatic rings. The molecular formula is C12H7N4O6P. The van der Waals surface area contributed by atoms with Crippen LogP contribution in [0.2, 0.25) is 0 Å². The first-order valence-corrected chi connectivity index (χ1v) is 8.30. The molecule has 2 atom stereocenters. The molecule has 0 spiro atoms. The lowest BCUT2D eigenvalue weighted by Gasteiger charge is -2.24. The van der Waals surface area contributed by atoms with Crippen molar-refractivity contribution in [2.24, 2.45) is 0 Å². The van der Waals surface area contributed by atoms with Crippen molar-refractivity contribution < 1.29 is 27.5 Å². The second kappa shape index (κ2) is 3.73. The van der Waals surface area contributed by atoms with Crippen molar-refractivity contribution in [2.75, 3.05) is 6.61 Å². The van der Waals surface area contributed by atoms with Crippen LogP contribution in [0.15, 0.2) is 16.9 Å². The van der Waals surface area contributed by atoms with E-state index in [4.69, 9.17) is 22.9 Å². The summed E-state index contributed by atoms with van der Waals surface area (Å²) in [5.74, 6) is 0.515. The molecule has 3 aromatic heterocycles. The molecular weight excluding hydrogens is 327 g/mol. The van der Waals surface area contributed by atoms with Crippen molar-refractivity contribution in [2.45, 2.75) is 12.7 Å². The van der Waals surface area contributed by atoms with E-state index in [1.165, 1.54) is 11.0 Å². The Morgan fingerprint density at radius 2 is 2.30 bits per heavy atom. The minimum absolute atomic E-state index is 0.181. The van der Waals surface area contributed by atoms with Crippen LogP contribution in [0.25, 0.3) is 22.6 Å². The van der Waals surface area contributed by atoms with Crippen LogP contribution in [-0.4, -0.2) is 26.5 Å². The van der Waals surface area contributed by atoms with Crippen molar-refractivity contribution in [3.05, 3.63) is 23.6 Å². The fraction of sp³-hybridized carbons (Fsp3) is 0.250. The van der Waals surface area contributed by atoms with Gasteiger partial charge in [0.1, 0.15) is 17.9 Å². The monoisotopic (exact) mass is 334 g/mol. The summed E-state index contributed by atoms with van der Waals surface area (Å²) < 4.78 is 40.9. The van der Waals surface area contributed by atoms with Crippen molar-refractivity contribution in [3.8, 4) is 17.4 Å². The molecule has 6 heterocycles. The Morgan fingerprint density at radius 3 is 3.17 bits per heavy atom. The lowest BCUT2D eigenvalue weighted by molar-refractivity contribution is 0.00565. The highest BCUT2D eigenvalue weighted by molar-refractivity contribution is 7.49. The van der Waals surface area contributed by atoms with Crippen LogP contribution in [0.5, 0.6) is 5.88 Å². The molecule has 0 saturated heterocycles. The van der Waals surface area contributed by atoms with E-state index in [0.717, 1.165) is 5.56 Å². The molecule has 116 valence electrons. The number of imidazole rings is 1. The first-order valence-electron chi connectivity index (χ1n) is 6.84. The van der Waals surface area contributed by atoms with Crippen molar-refractivity contribution in [3.63, 3.8) is 0 Å². The molecule has 3 aliphatic heterocycles. The maximum atomic E-state index is 12.8. The molecule has 11 heteroatoms. The van der Waals surface area contributed by atoms with Crippen molar-refractivity contribution >= 4 is 18.9 Å². The Kier molecular flexibility index (Phi) is 1.95. The highest BCUT2D eigenvalue weighted by Gasteiger charge is 2.48. The zero-order valence-corrected chi connectivity index (χ0v) is 12.2. The summed E-state index contributed by atoms with van der Waals surface area (Å²) in [6, 6.07) is 1.62. The van der Waals surface area contributed by atoms with Gasteiger partial charge in [-0.2, -0.15) is 0 Å². The van der Waals surface area contributed by atoms with Crippen LogP contribution < -0.4 is 9.15 Å². The van der Waals surface area contributed by atoms with Gasteiger partial charge in [0.15, 0.2) is 17.0 Å². The Labute approximate surface area is 127 Å². The highest BCUT2D eigenvalue weighted by Crippen LogP contribution is 2.58. The third-order valence-electron chi connectivity index (χ3n) is 3.98. The largest absolute Gasteiger partial charge is 0.609 e. The SMILES string of the molecule is O=P12Oc3nc4c(c5nc(-c6ccon6)n(c35)O1)COCC4O2. The average molecular weight is 334 g/mol. The fourth-order valence-corrected chi connectivity index (χ4v) is 4.33. The maximum absolute atomic E-state index is 12.8. The third-order valence-corrected chi connectivity index (χ3v) is 5.25. The van der Waals surface area contributed by atoms with Crippen LogP contribution in [0, 0.1) is 0 Å². The molecule has 0 N–H and O–H groups in total. The second-order valence-corrected chi connectivity index (χ2v) is 6.77. The minimum atomic E-state index is -3.88. The van der Waals surface area contributed by atoms with E-state index in [0.29, 0.717) is 34.9 Å². The fourth-order valence-electron chi connectivity index (χ4n) is 3.04. The summed E-state index contributed by atoms with van der Waals surface area (Å²) >= 11 is 0. The topological polar surface area (TPSA) is 111 Å². The zero-order chi connectivity index (χ0) is 15.2. The number of fused-ring (bicyclic) bond motifs is 2. The second-order valence-electron chi connectivity index (χ2n) is 5.32. The van der Waals surface area contributed by atoms with Gasteiger partial charge in [0.2, 0.25) is 0 Å². The summed E-state index contributed by atoms with van der Waals surface area (Å²) in [7, 11) is -3.88.